The summed E-state index contributed by atoms with van der Waals surface area (Å²) < 4.78 is 7.36. The maximum absolute atomic E-state index is 5.48. The van der Waals surface area contributed by atoms with Gasteiger partial charge < -0.3 is 4.74 Å². The monoisotopic (exact) mass is 413 g/mol. The first-order valence-electron chi connectivity index (χ1n) is 10.8. The van der Waals surface area contributed by atoms with E-state index in [0.29, 0.717) is 12.6 Å². The third-order valence-corrected chi connectivity index (χ3v) is 6.15. The molecule has 1 unspecified atom stereocenters. The van der Waals surface area contributed by atoms with Gasteiger partial charge in [-0.3, -0.25) is 9.99 Å². The highest BCUT2D eigenvalue weighted by Crippen LogP contribution is 2.26. The van der Waals surface area contributed by atoms with Gasteiger partial charge in [-0.2, -0.15) is 5.10 Å². The standard InChI is InChI=1S/C23H23N7O/c1-2-17-12-16(3-4-20(17)24-9-1)14-30-23-22(27-28-30)6-5-21(26-23)18-13-25-29(15-18)19-7-10-31-11-8-19/h1-6,9,12-13,18-19H,7-8,10-11,14-15H2. The SMILES string of the molecule is C1=NN(C2CCOCC2)CC1c1ccc2nnn(Cc3ccc4ncccc4c3)c2n1. The van der Waals surface area contributed by atoms with Crippen LogP contribution in [0.1, 0.15) is 30.0 Å². The van der Waals surface area contributed by atoms with Gasteiger partial charge in [0.2, 0.25) is 0 Å². The van der Waals surface area contributed by atoms with Crippen molar-refractivity contribution >= 4 is 28.3 Å². The van der Waals surface area contributed by atoms with E-state index in [1.54, 1.807) is 0 Å². The summed E-state index contributed by atoms with van der Waals surface area (Å²) in [5.41, 5.74) is 4.76. The quantitative estimate of drug-likeness (QED) is 0.512. The summed E-state index contributed by atoms with van der Waals surface area (Å²) in [6, 6.07) is 14.8. The highest BCUT2D eigenvalue weighted by molar-refractivity contribution is 5.79. The number of benzene rings is 1. The first-order chi connectivity index (χ1) is 15.3. The first kappa shape index (κ1) is 18.4. The Kier molecular flexibility index (Phi) is 4.57. The second kappa shape index (κ2) is 7.70. The molecule has 8 nitrogen and oxygen atoms in total. The molecule has 6 rings (SSSR count). The predicted molar refractivity (Wildman–Crippen MR) is 118 cm³/mol. The van der Waals surface area contributed by atoms with Crippen LogP contribution in [0.3, 0.4) is 0 Å². The van der Waals surface area contributed by atoms with Crippen molar-refractivity contribution in [2.24, 2.45) is 5.10 Å². The molecule has 0 aliphatic carbocycles. The summed E-state index contributed by atoms with van der Waals surface area (Å²) in [6.07, 6.45) is 5.91. The third kappa shape index (κ3) is 3.53. The van der Waals surface area contributed by atoms with Crippen molar-refractivity contribution < 1.29 is 4.74 Å². The van der Waals surface area contributed by atoms with Crippen molar-refractivity contribution in [3.63, 3.8) is 0 Å². The van der Waals surface area contributed by atoms with Gasteiger partial charge in [0, 0.05) is 37.6 Å². The highest BCUT2D eigenvalue weighted by atomic mass is 16.5. The third-order valence-electron chi connectivity index (χ3n) is 6.15. The number of ether oxygens (including phenoxy) is 1. The Labute approximate surface area is 179 Å². The number of pyridine rings is 2. The maximum atomic E-state index is 5.48. The van der Waals surface area contributed by atoms with Gasteiger partial charge in [0.15, 0.2) is 5.65 Å². The van der Waals surface area contributed by atoms with E-state index in [-0.39, 0.29) is 5.92 Å². The summed E-state index contributed by atoms with van der Waals surface area (Å²) in [5, 5.41) is 16.7. The molecule has 4 aromatic rings. The molecule has 3 aromatic heterocycles. The smallest absolute Gasteiger partial charge is 0.179 e. The number of aromatic nitrogens is 5. The number of nitrogens with zero attached hydrogens (tertiary/aromatic N) is 7. The van der Waals surface area contributed by atoms with Gasteiger partial charge >= 0.3 is 0 Å². The van der Waals surface area contributed by atoms with Crippen LogP contribution in [0.25, 0.3) is 22.1 Å². The predicted octanol–water partition coefficient (Wildman–Crippen LogP) is 2.99. The Balaban J connectivity index is 1.25. The minimum Gasteiger partial charge on any atom is -0.381 e. The lowest BCUT2D eigenvalue weighted by molar-refractivity contribution is 0.0381. The van der Waals surface area contributed by atoms with E-state index in [2.05, 4.69) is 43.6 Å². The molecular weight excluding hydrogens is 390 g/mol. The Hall–Kier alpha value is -3.39. The van der Waals surface area contributed by atoms with Gasteiger partial charge in [-0.15, -0.1) is 5.10 Å². The summed E-state index contributed by atoms with van der Waals surface area (Å²) in [6.45, 7) is 3.12. The number of fused-ring (bicyclic) bond motifs is 2. The average molecular weight is 413 g/mol. The van der Waals surface area contributed by atoms with E-state index in [0.717, 1.165) is 65.9 Å². The topological polar surface area (TPSA) is 81.3 Å². The van der Waals surface area contributed by atoms with Gasteiger partial charge in [-0.1, -0.05) is 17.3 Å². The highest BCUT2D eigenvalue weighted by Gasteiger charge is 2.28. The molecule has 1 aromatic carbocycles. The summed E-state index contributed by atoms with van der Waals surface area (Å²) in [7, 11) is 0. The van der Waals surface area contributed by atoms with Crippen molar-refractivity contribution in [3.05, 3.63) is 59.9 Å². The van der Waals surface area contributed by atoms with Crippen molar-refractivity contribution in [1.29, 1.82) is 0 Å². The van der Waals surface area contributed by atoms with Gasteiger partial charge in [0.25, 0.3) is 0 Å². The number of hydrazone groups is 1. The molecule has 0 bridgehead atoms. The number of hydrogen-bond donors (Lipinski definition) is 0. The van der Waals surface area contributed by atoms with E-state index < -0.39 is 0 Å². The Morgan fingerprint density at radius 2 is 1.94 bits per heavy atom. The minimum absolute atomic E-state index is 0.183. The fourth-order valence-corrected chi connectivity index (χ4v) is 4.44. The van der Waals surface area contributed by atoms with Crippen LogP contribution in [0, 0.1) is 0 Å². The van der Waals surface area contributed by atoms with Crippen LogP contribution in [-0.2, 0) is 11.3 Å². The van der Waals surface area contributed by atoms with Gasteiger partial charge in [-0.25, -0.2) is 9.67 Å². The largest absolute Gasteiger partial charge is 0.381 e. The molecule has 1 saturated heterocycles. The molecular formula is C23H23N7O. The van der Waals surface area contributed by atoms with Gasteiger partial charge in [0.05, 0.1) is 29.7 Å². The normalized spacial score (nSPS) is 19.6. The van der Waals surface area contributed by atoms with Gasteiger partial charge in [-0.05, 0) is 48.7 Å². The van der Waals surface area contributed by atoms with Crippen molar-refractivity contribution in [1.82, 2.24) is 30.0 Å². The van der Waals surface area contributed by atoms with Crippen LogP contribution >= 0.6 is 0 Å². The Morgan fingerprint density at radius 1 is 1.03 bits per heavy atom. The molecule has 0 spiro atoms. The lowest BCUT2D eigenvalue weighted by Crippen LogP contribution is -2.35. The zero-order valence-corrected chi connectivity index (χ0v) is 17.1. The molecule has 2 aliphatic heterocycles. The zero-order chi connectivity index (χ0) is 20.6. The lowest BCUT2D eigenvalue weighted by Gasteiger charge is -2.30. The van der Waals surface area contributed by atoms with Crippen LogP contribution < -0.4 is 0 Å². The molecule has 0 radical (unpaired) electrons. The molecule has 31 heavy (non-hydrogen) atoms. The Bertz CT molecular complexity index is 1260. The van der Waals surface area contributed by atoms with Crippen LogP contribution in [0.5, 0.6) is 0 Å². The van der Waals surface area contributed by atoms with E-state index in [1.165, 1.54) is 0 Å². The van der Waals surface area contributed by atoms with Crippen molar-refractivity contribution in [2.75, 3.05) is 19.8 Å². The van der Waals surface area contributed by atoms with E-state index in [4.69, 9.17) is 9.72 Å². The van der Waals surface area contributed by atoms with Crippen LogP contribution in [-0.4, -0.2) is 62.0 Å². The molecule has 5 heterocycles. The van der Waals surface area contributed by atoms with Crippen LogP contribution in [0.2, 0.25) is 0 Å². The van der Waals surface area contributed by atoms with E-state index in [9.17, 15) is 0 Å². The van der Waals surface area contributed by atoms with Crippen molar-refractivity contribution in [3.8, 4) is 0 Å². The molecule has 156 valence electrons. The number of hydrogen-bond acceptors (Lipinski definition) is 7. The van der Waals surface area contributed by atoms with Crippen molar-refractivity contribution in [2.45, 2.75) is 31.3 Å². The Morgan fingerprint density at radius 3 is 2.87 bits per heavy atom. The molecule has 0 N–H and O–H groups in total. The van der Waals surface area contributed by atoms with E-state index >= 15 is 0 Å². The molecule has 2 aliphatic rings. The second-order valence-electron chi connectivity index (χ2n) is 8.19. The molecule has 1 atom stereocenters. The fraction of sp³-hybridized carbons (Fsp3) is 0.348. The zero-order valence-electron chi connectivity index (χ0n) is 17.1. The maximum Gasteiger partial charge on any atom is 0.179 e. The lowest BCUT2D eigenvalue weighted by atomic mass is 10.0. The molecule has 1 fully saturated rings. The molecule has 8 heteroatoms. The summed E-state index contributed by atoms with van der Waals surface area (Å²) >= 11 is 0. The van der Waals surface area contributed by atoms with Gasteiger partial charge in [0.1, 0.15) is 5.52 Å². The second-order valence-corrected chi connectivity index (χ2v) is 8.19. The average Bonchev–Trinajstić information content (AvgIpc) is 3.47. The van der Waals surface area contributed by atoms with E-state index in [1.807, 2.05) is 41.4 Å². The summed E-state index contributed by atoms with van der Waals surface area (Å²) in [5.74, 6) is 0.183. The van der Waals surface area contributed by atoms with Crippen LogP contribution in [0.4, 0.5) is 0 Å². The molecule has 0 amide bonds. The fourth-order valence-electron chi connectivity index (χ4n) is 4.44. The summed E-state index contributed by atoms with van der Waals surface area (Å²) in [4.78, 5) is 9.33. The molecule has 0 saturated carbocycles. The first-order valence-corrected chi connectivity index (χ1v) is 10.8. The van der Waals surface area contributed by atoms with Crippen LogP contribution in [0.15, 0.2) is 53.8 Å². The number of rotatable bonds is 4. The minimum atomic E-state index is 0.183.